The first-order valence-corrected chi connectivity index (χ1v) is 9.51. The van der Waals surface area contributed by atoms with Crippen molar-refractivity contribution < 1.29 is 27.5 Å². The zero-order valence-corrected chi connectivity index (χ0v) is 16.1. The summed E-state index contributed by atoms with van der Waals surface area (Å²) in [5, 5.41) is 12.4. The van der Waals surface area contributed by atoms with Crippen molar-refractivity contribution in [3.05, 3.63) is 51.4 Å². The molecule has 3 rings (SSSR count). The molecule has 1 N–H and O–H groups in total. The molecule has 0 fully saturated rings. The van der Waals surface area contributed by atoms with E-state index in [9.17, 15) is 28.0 Å². The summed E-state index contributed by atoms with van der Waals surface area (Å²) in [6.45, 7) is 2.62. The Hall–Kier alpha value is -3.06. The summed E-state index contributed by atoms with van der Waals surface area (Å²) in [6, 6.07) is 5.90. The fourth-order valence-electron chi connectivity index (χ4n) is 2.97. The van der Waals surface area contributed by atoms with E-state index in [-0.39, 0.29) is 18.7 Å². The molecule has 0 atom stereocenters. The number of hydrogen-bond donors (Lipinski definition) is 1. The van der Waals surface area contributed by atoms with Gasteiger partial charge in [-0.3, -0.25) is 4.79 Å². The van der Waals surface area contributed by atoms with Gasteiger partial charge in [-0.25, -0.2) is 4.79 Å². The summed E-state index contributed by atoms with van der Waals surface area (Å²) in [7, 11) is 0. The number of nitriles is 1. The Morgan fingerprint density at radius 2 is 2.00 bits per heavy atom. The number of alkyl halides is 3. The van der Waals surface area contributed by atoms with Crippen LogP contribution in [0.15, 0.2) is 24.3 Å². The summed E-state index contributed by atoms with van der Waals surface area (Å²) in [5.74, 6) is -0.615. The summed E-state index contributed by atoms with van der Waals surface area (Å²) in [6.07, 6.45) is -4.48. The van der Waals surface area contributed by atoms with Crippen LogP contribution in [0.4, 0.5) is 23.0 Å². The van der Waals surface area contributed by atoms with Gasteiger partial charge >= 0.3 is 12.3 Å². The van der Waals surface area contributed by atoms with Gasteiger partial charge in [0.2, 0.25) is 0 Å². The van der Waals surface area contributed by atoms with Gasteiger partial charge in [-0.1, -0.05) is 0 Å². The lowest BCUT2D eigenvalue weighted by molar-refractivity contribution is -0.137. The molecule has 0 unspecified atom stereocenters. The molecular weight excluding hydrogens is 407 g/mol. The van der Waals surface area contributed by atoms with Gasteiger partial charge in [0, 0.05) is 17.0 Å². The van der Waals surface area contributed by atoms with E-state index in [0.717, 1.165) is 34.7 Å². The minimum Gasteiger partial charge on any atom is -0.450 e. The second kappa shape index (κ2) is 8.13. The van der Waals surface area contributed by atoms with Crippen LogP contribution < -0.4 is 5.32 Å². The largest absolute Gasteiger partial charge is 0.450 e. The molecule has 10 heteroatoms. The molecule has 0 bridgehead atoms. The van der Waals surface area contributed by atoms with E-state index in [4.69, 9.17) is 4.74 Å². The van der Waals surface area contributed by atoms with Crippen molar-refractivity contribution in [3.8, 4) is 6.07 Å². The molecule has 6 nitrogen and oxygen atoms in total. The number of nitrogens with zero attached hydrogens (tertiary/aromatic N) is 2. The van der Waals surface area contributed by atoms with Crippen molar-refractivity contribution >= 4 is 28.3 Å². The highest BCUT2D eigenvalue weighted by Crippen LogP contribution is 2.37. The summed E-state index contributed by atoms with van der Waals surface area (Å²) >= 11 is 1.17. The lowest BCUT2D eigenvalue weighted by atomic mass is 10.0. The second-order valence-electron chi connectivity index (χ2n) is 6.22. The van der Waals surface area contributed by atoms with Crippen LogP contribution in [0.2, 0.25) is 0 Å². The minimum atomic E-state index is -4.49. The van der Waals surface area contributed by atoms with Gasteiger partial charge in [0.25, 0.3) is 5.91 Å². The number of fused-ring (bicyclic) bond motifs is 1. The molecule has 0 aliphatic carbocycles. The Morgan fingerprint density at radius 3 is 2.59 bits per heavy atom. The number of rotatable bonds is 3. The van der Waals surface area contributed by atoms with Gasteiger partial charge in [0.05, 0.1) is 24.3 Å². The van der Waals surface area contributed by atoms with Gasteiger partial charge in [0.15, 0.2) is 0 Å². The third kappa shape index (κ3) is 4.35. The first kappa shape index (κ1) is 20.7. The number of carbonyl (C=O) groups is 2. The van der Waals surface area contributed by atoms with E-state index < -0.39 is 23.7 Å². The standard InChI is InChI=1S/C19H16F3N3O3S/c1-2-28-18(27)25-8-7-13-14(9-23)17(29-15(13)10-25)24-16(26)11-3-5-12(6-4-11)19(20,21)22/h3-6H,2,7-8,10H2,1H3,(H,24,26). The van der Waals surface area contributed by atoms with Gasteiger partial charge in [-0.05, 0) is 43.2 Å². The third-order valence-corrected chi connectivity index (χ3v) is 5.53. The highest BCUT2D eigenvalue weighted by atomic mass is 32.1. The van der Waals surface area contributed by atoms with Crippen LogP contribution in [0.1, 0.15) is 38.8 Å². The number of nitrogens with one attached hydrogen (secondary N) is 1. The maximum Gasteiger partial charge on any atom is 0.416 e. The molecule has 1 aromatic carbocycles. The zero-order chi connectivity index (χ0) is 21.2. The number of amides is 2. The fraction of sp³-hybridized carbons (Fsp3) is 0.316. The van der Waals surface area contributed by atoms with Gasteiger partial charge in [-0.15, -0.1) is 11.3 Å². The van der Waals surface area contributed by atoms with E-state index in [2.05, 4.69) is 11.4 Å². The molecule has 152 valence electrons. The maximum absolute atomic E-state index is 12.7. The van der Waals surface area contributed by atoms with E-state index >= 15 is 0 Å². The summed E-state index contributed by atoms with van der Waals surface area (Å²) in [4.78, 5) is 26.6. The second-order valence-corrected chi connectivity index (χ2v) is 7.32. The molecule has 0 radical (unpaired) electrons. The molecule has 29 heavy (non-hydrogen) atoms. The van der Waals surface area contributed by atoms with E-state index in [1.54, 1.807) is 6.92 Å². The molecule has 1 aliphatic rings. The van der Waals surface area contributed by atoms with Crippen LogP contribution in [-0.2, 0) is 23.9 Å². The molecule has 2 amide bonds. The predicted molar refractivity (Wildman–Crippen MR) is 99.6 cm³/mol. The number of hydrogen-bond acceptors (Lipinski definition) is 5. The zero-order valence-electron chi connectivity index (χ0n) is 15.3. The van der Waals surface area contributed by atoms with Gasteiger partial charge in [0.1, 0.15) is 11.1 Å². The molecular formula is C19H16F3N3O3S. The van der Waals surface area contributed by atoms with Crippen LogP contribution in [0, 0.1) is 11.3 Å². The lowest BCUT2D eigenvalue weighted by Crippen LogP contribution is -2.35. The number of halogens is 3. The number of benzene rings is 1. The lowest BCUT2D eigenvalue weighted by Gasteiger charge is -2.25. The Kier molecular flexibility index (Phi) is 5.79. The van der Waals surface area contributed by atoms with Crippen LogP contribution in [0.25, 0.3) is 0 Å². The quantitative estimate of drug-likeness (QED) is 0.793. The number of thiophene rings is 1. The van der Waals surface area contributed by atoms with E-state index in [0.29, 0.717) is 23.5 Å². The summed E-state index contributed by atoms with van der Waals surface area (Å²) in [5.41, 5.74) is 0.272. The molecule has 0 saturated heterocycles. The van der Waals surface area contributed by atoms with Crippen molar-refractivity contribution in [3.63, 3.8) is 0 Å². The van der Waals surface area contributed by atoms with Crippen molar-refractivity contribution in [1.29, 1.82) is 5.26 Å². The average molecular weight is 423 g/mol. The fourth-order valence-corrected chi connectivity index (χ4v) is 4.18. The molecule has 0 spiro atoms. The van der Waals surface area contributed by atoms with Gasteiger partial charge in [-0.2, -0.15) is 18.4 Å². The van der Waals surface area contributed by atoms with E-state index in [1.165, 1.54) is 16.2 Å². The van der Waals surface area contributed by atoms with Crippen molar-refractivity contribution in [2.75, 3.05) is 18.5 Å². The Bertz CT molecular complexity index is 978. The molecule has 1 aliphatic heterocycles. The van der Waals surface area contributed by atoms with Crippen molar-refractivity contribution in [2.24, 2.45) is 0 Å². The smallest absolute Gasteiger partial charge is 0.416 e. The maximum atomic E-state index is 12.7. The number of ether oxygens (including phenoxy) is 1. The monoisotopic (exact) mass is 423 g/mol. The van der Waals surface area contributed by atoms with Gasteiger partial charge < -0.3 is 15.0 Å². The highest BCUT2D eigenvalue weighted by molar-refractivity contribution is 7.16. The molecule has 2 aromatic rings. The SMILES string of the molecule is CCOC(=O)N1CCc2c(sc(NC(=O)c3ccc(C(F)(F)F)cc3)c2C#N)C1. The Morgan fingerprint density at radius 1 is 1.31 bits per heavy atom. The van der Waals surface area contributed by atoms with Crippen molar-refractivity contribution in [1.82, 2.24) is 4.90 Å². The van der Waals surface area contributed by atoms with Crippen LogP contribution >= 0.6 is 11.3 Å². The van der Waals surface area contributed by atoms with E-state index in [1.807, 2.05) is 0 Å². The third-order valence-electron chi connectivity index (χ3n) is 4.40. The molecule has 1 aromatic heterocycles. The van der Waals surface area contributed by atoms with Crippen molar-refractivity contribution in [2.45, 2.75) is 26.1 Å². The van der Waals surface area contributed by atoms with Crippen LogP contribution in [0.3, 0.4) is 0 Å². The summed E-state index contributed by atoms with van der Waals surface area (Å²) < 4.78 is 43.0. The first-order valence-electron chi connectivity index (χ1n) is 8.69. The Labute approximate surface area is 168 Å². The first-order chi connectivity index (χ1) is 13.7. The minimum absolute atomic E-state index is 0.0430. The number of carbonyl (C=O) groups excluding carboxylic acids is 2. The Balaban J connectivity index is 1.79. The average Bonchev–Trinajstić information content (AvgIpc) is 3.03. The molecule has 2 heterocycles. The molecule has 0 saturated carbocycles. The highest BCUT2D eigenvalue weighted by Gasteiger charge is 2.31. The predicted octanol–water partition coefficient (Wildman–Crippen LogP) is 4.41. The normalized spacial score (nSPS) is 13.4. The number of anilines is 1. The van der Waals surface area contributed by atoms with Crippen LogP contribution in [-0.4, -0.2) is 30.1 Å². The van der Waals surface area contributed by atoms with Crippen LogP contribution in [0.5, 0.6) is 0 Å². The topological polar surface area (TPSA) is 82.4 Å².